The molecule has 1 aromatic carbocycles. The largest absolute Gasteiger partial charge is 0.389 e. The number of morpholine rings is 1. The summed E-state index contributed by atoms with van der Waals surface area (Å²) in [5.74, 6) is -0.275. The highest BCUT2D eigenvalue weighted by Crippen LogP contribution is 2.11. The molecule has 0 bridgehead atoms. The number of benzene rings is 1. The van der Waals surface area contributed by atoms with Crippen LogP contribution in [0, 0.1) is 5.82 Å². The Morgan fingerprint density at radius 3 is 2.67 bits per heavy atom. The molecule has 1 heterocycles. The zero-order chi connectivity index (χ0) is 15.2. The number of rotatable bonds is 6. The SMILES string of the molecule is C[C@@H]1CN(C[C@@H](O)COCc2ccccc2F)C[C@@H](C)O1. The molecule has 0 unspecified atom stereocenters. The fourth-order valence-corrected chi connectivity index (χ4v) is 2.70. The molecule has 21 heavy (non-hydrogen) atoms. The first-order valence-electron chi connectivity index (χ1n) is 7.41. The summed E-state index contributed by atoms with van der Waals surface area (Å²) in [5.41, 5.74) is 0.512. The van der Waals surface area contributed by atoms with Gasteiger partial charge in [0.15, 0.2) is 0 Å². The van der Waals surface area contributed by atoms with E-state index in [2.05, 4.69) is 4.90 Å². The molecule has 1 saturated heterocycles. The van der Waals surface area contributed by atoms with Crippen LogP contribution in [0.1, 0.15) is 19.4 Å². The van der Waals surface area contributed by atoms with Crippen molar-refractivity contribution in [1.82, 2.24) is 4.90 Å². The standard InChI is InChI=1S/C16H24FNO3/c1-12-7-18(8-13(2)21-12)9-15(19)11-20-10-14-5-3-4-6-16(14)17/h3-6,12-13,15,19H,7-11H2,1-2H3/t12-,13-,15-/m1/s1. The topological polar surface area (TPSA) is 41.9 Å². The molecule has 0 amide bonds. The Morgan fingerprint density at radius 2 is 2.00 bits per heavy atom. The first-order chi connectivity index (χ1) is 10.0. The van der Waals surface area contributed by atoms with E-state index in [4.69, 9.17) is 9.47 Å². The van der Waals surface area contributed by atoms with E-state index in [-0.39, 0.29) is 31.2 Å². The summed E-state index contributed by atoms with van der Waals surface area (Å²) in [7, 11) is 0. The van der Waals surface area contributed by atoms with E-state index in [9.17, 15) is 9.50 Å². The Hall–Kier alpha value is -1.01. The molecule has 0 radical (unpaired) electrons. The number of nitrogens with zero attached hydrogens (tertiary/aromatic N) is 1. The van der Waals surface area contributed by atoms with Crippen molar-refractivity contribution in [3.8, 4) is 0 Å². The number of ether oxygens (including phenoxy) is 2. The van der Waals surface area contributed by atoms with Crippen molar-refractivity contribution in [1.29, 1.82) is 0 Å². The highest BCUT2D eigenvalue weighted by Gasteiger charge is 2.23. The van der Waals surface area contributed by atoms with Crippen LogP contribution in [0.25, 0.3) is 0 Å². The maximum Gasteiger partial charge on any atom is 0.128 e. The second kappa shape index (κ2) is 7.84. The van der Waals surface area contributed by atoms with Crippen LogP contribution in [0.4, 0.5) is 4.39 Å². The van der Waals surface area contributed by atoms with Crippen LogP contribution < -0.4 is 0 Å². The molecule has 0 aliphatic carbocycles. The highest BCUT2D eigenvalue weighted by atomic mass is 19.1. The van der Waals surface area contributed by atoms with Gasteiger partial charge in [0.25, 0.3) is 0 Å². The molecule has 0 aromatic heterocycles. The van der Waals surface area contributed by atoms with Crippen LogP contribution in [0.3, 0.4) is 0 Å². The third kappa shape index (κ3) is 5.36. The van der Waals surface area contributed by atoms with Crippen molar-refractivity contribution >= 4 is 0 Å². The van der Waals surface area contributed by atoms with Crippen molar-refractivity contribution in [2.75, 3.05) is 26.2 Å². The average molecular weight is 297 g/mol. The van der Waals surface area contributed by atoms with Crippen molar-refractivity contribution in [3.05, 3.63) is 35.6 Å². The zero-order valence-corrected chi connectivity index (χ0v) is 12.7. The Kier molecular flexibility index (Phi) is 6.11. The number of β-amino-alcohol motifs (C(OH)–C–C–N with tert-alkyl or cyclic N) is 1. The van der Waals surface area contributed by atoms with Crippen LogP contribution >= 0.6 is 0 Å². The summed E-state index contributed by atoms with van der Waals surface area (Å²) in [5, 5.41) is 10.0. The summed E-state index contributed by atoms with van der Waals surface area (Å²) in [6.45, 7) is 6.63. The average Bonchev–Trinajstić information content (AvgIpc) is 2.39. The molecule has 1 aliphatic heterocycles. The molecular weight excluding hydrogens is 273 g/mol. The molecule has 5 heteroatoms. The number of aliphatic hydroxyl groups excluding tert-OH is 1. The minimum Gasteiger partial charge on any atom is -0.389 e. The molecule has 3 atom stereocenters. The zero-order valence-electron chi connectivity index (χ0n) is 12.7. The molecular formula is C16H24FNO3. The van der Waals surface area contributed by atoms with Crippen LogP contribution in [0.2, 0.25) is 0 Å². The monoisotopic (exact) mass is 297 g/mol. The Labute approximate surface area is 125 Å². The van der Waals surface area contributed by atoms with E-state index in [0.29, 0.717) is 12.1 Å². The number of aliphatic hydroxyl groups is 1. The second-order valence-corrected chi connectivity index (χ2v) is 5.74. The quantitative estimate of drug-likeness (QED) is 0.869. The van der Waals surface area contributed by atoms with Crippen molar-refractivity contribution in [3.63, 3.8) is 0 Å². The molecule has 4 nitrogen and oxygen atoms in total. The van der Waals surface area contributed by atoms with E-state index in [0.717, 1.165) is 13.1 Å². The molecule has 2 rings (SSSR count). The van der Waals surface area contributed by atoms with Gasteiger partial charge in [-0.15, -0.1) is 0 Å². The van der Waals surface area contributed by atoms with Crippen LogP contribution in [-0.2, 0) is 16.1 Å². The number of halogens is 1. The van der Waals surface area contributed by atoms with Gasteiger partial charge in [0.05, 0.1) is 31.5 Å². The van der Waals surface area contributed by atoms with Gasteiger partial charge in [-0.05, 0) is 19.9 Å². The van der Waals surface area contributed by atoms with Gasteiger partial charge in [-0.25, -0.2) is 4.39 Å². The fourth-order valence-electron chi connectivity index (χ4n) is 2.70. The molecule has 0 saturated carbocycles. The lowest BCUT2D eigenvalue weighted by atomic mass is 10.2. The maximum absolute atomic E-state index is 13.4. The normalized spacial score (nSPS) is 25.0. The van der Waals surface area contributed by atoms with E-state index in [1.54, 1.807) is 18.2 Å². The summed E-state index contributed by atoms with van der Waals surface area (Å²) < 4.78 is 24.5. The summed E-state index contributed by atoms with van der Waals surface area (Å²) >= 11 is 0. The van der Waals surface area contributed by atoms with Crippen LogP contribution in [0.5, 0.6) is 0 Å². The fraction of sp³-hybridized carbons (Fsp3) is 0.625. The summed E-state index contributed by atoms with van der Waals surface area (Å²) in [6, 6.07) is 6.52. The first-order valence-corrected chi connectivity index (χ1v) is 7.41. The predicted octanol–water partition coefficient (Wildman–Crippen LogP) is 1.81. The molecule has 1 aliphatic rings. The lowest BCUT2D eigenvalue weighted by Gasteiger charge is -2.36. The molecule has 1 N–H and O–H groups in total. The third-order valence-electron chi connectivity index (χ3n) is 3.49. The molecule has 1 aromatic rings. The van der Waals surface area contributed by atoms with E-state index >= 15 is 0 Å². The van der Waals surface area contributed by atoms with Crippen molar-refractivity contribution in [2.24, 2.45) is 0 Å². The highest BCUT2D eigenvalue weighted by molar-refractivity contribution is 5.16. The number of hydrogen-bond acceptors (Lipinski definition) is 4. The summed E-state index contributed by atoms with van der Waals surface area (Å²) in [6.07, 6.45) is -0.213. The first kappa shape index (κ1) is 16.4. The Balaban J connectivity index is 1.70. The van der Waals surface area contributed by atoms with Gasteiger partial charge in [0.2, 0.25) is 0 Å². The van der Waals surface area contributed by atoms with E-state index in [1.807, 2.05) is 13.8 Å². The minimum atomic E-state index is -0.575. The van der Waals surface area contributed by atoms with Crippen molar-refractivity contribution < 1.29 is 19.0 Å². The lowest BCUT2D eigenvalue weighted by molar-refractivity contribution is -0.0826. The van der Waals surface area contributed by atoms with E-state index < -0.39 is 6.10 Å². The van der Waals surface area contributed by atoms with Gasteiger partial charge >= 0.3 is 0 Å². The van der Waals surface area contributed by atoms with Gasteiger partial charge in [0, 0.05) is 25.2 Å². The van der Waals surface area contributed by atoms with Crippen LogP contribution in [-0.4, -0.2) is 54.6 Å². The Morgan fingerprint density at radius 1 is 1.33 bits per heavy atom. The smallest absolute Gasteiger partial charge is 0.128 e. The minimum absolute atomic E-state index is 0.180. The number of hydrogen-bond donors (Lipinski definition) is 1. The molecule has 0 spiro atoms. The molecule has 1 fully saturated rings. The second-order valence-electron chi connectivity index (χ2n) is 5.74. The van der Waals surface area contributed by atoms with Crippen LogP contribution in [0.15, 0.2) is 24.3 Å². The third-order valence-corrected chi connectivity index (χ3v) is 3.49. The molecule has 118 valence electrons. The van der Waals surface area contributed by atoms with Crippen molar-refractivity contribution in [2.45, 2.75) is 38.8 Å². The Bertz CT molecular complexity index is 433. The lowest BCUT2D eigenvalue weighted by Crippen LogP contribution is -2.48. The van der Waals surface area contributed by atoms with E-state index in [1.165, 1.54) is 6.07 Å². The predicted molar refractivity (Wildman–Crippen MR) is 78.5 cm³/mol. The van der Waals surface area contributed by atoms with Gasteiger partial charge in [-0.1, -0.05) is 18.2 Å². The van der Waals surface area contributed by atoms with Gasteiger partial charge in [-0.3, -0.25) is 4.90 Å². The van der Waals surface area contributed by atoms with Gasteiger partial charge in [-0.2, -0.15) is 0 Å². The van der Waals surface area contributed by atoms with Gasteiger partial charge < -0.3 is 14.6 Å². The maximum atomic E-state index is 13.4. The summed E-state index contributed by atoms with van der Waals surface area (Å²) in [4.78, 5) is 2.18. The van der Waals surface area contributed by atoms with Gasteiger partial charge in [0.1, 0.15) is 5.82 Å².